The molecular formula is C34H48O3. The Hall–Kier alpha value is -1.90. The first-order chi connectivity index (χ1) is 17.6. The largest absolute Gasteiger partial charge is 0.465 e. The van der Waals surface area contributed by atoms with Gasteiger partial charge in [-0.3, -0.25) is 9.59 Å². The van der Waals surface area contributed by atoms with E-state index >= 15 is 0 Å². The lowest BCUT2D eigenvalue weighted by Crippen LogP contribution is -2.53. The van der Waals surface area contributed by atoms with Gasteiger partial charge in [-0.1, -0.05) is 54.4 Å². The molecule has 1 aromatic heterocycles. The Morgan fingerprint density at radius 1 is 1.08 bits per heavy atom. The van der Waals surface area contributed by atoms with Gasteiger partial charge in [0.2, 0.25) is 0 Å². The molecule has 4 aliphatic carbocycles. The first-order valence-corrected chi connectivity index (χ1v) is 15.1. The molecule has 1 heterocycles. The standard InChI is InChI=1S/C34H48O3/c1-7-23(21(2)3)11-10-22(4)27-12-13-28-26-18-32(36)30-19-31(35)24(17-25-9-8-16-37-25)20-34(30,6)29(26)14-15-33(27,28)5/h8-9,16-17,19,21-23,26-29H,7,10-15,18,20H2,1-6H3/b24-17+/t22-,23-,26+,27-,28+,29+,33-,34-/m1/s1. The van der Waals surface area contributed by atoms with E-state index in [4.69, 9.17) is 4.42 Å². The molecular weight excluding hydrogens is 456 g/mol. The third kappa shape index (κ3) is 4.53. The van der Waals surface area contributed by atoms with Gasteiger partial charge in [0, 0.05) is 23.0 Å². The second-order valence-corrected chi connectivity index (χ2v) is 13.9. The first kappa shape index (κ1) is 26.7. The molecule has 37 heavy (non-hydrogen) atoms. The minimum absolute atomic E-state index is 0.0159. The lowest BCUT2D eigenvalue weighted by molar-refractivity contribution is -0.130. The van der Waals surface area contributed by atoms with Gasteiger partial charge >= 0.3 is 0 Å². The number of ketones is 2. The van der Waals surface area contributed by atoms with Gasteiger partial charge in [-0.25, -0.2) is 0 Å². The van der Waals surface area contributed by atoms with Crippen molar-refractivity contribution < 1.29 is 14.0 Å². The zero-order chi connectivity index (χ0) is 26.5. The van der Waals surface area contributed by atoms with Crippen molar-refractivity contribution in [3.05, 3.63) is 41.4 Å². The lowest BCUT2D eigenvalue weighted by atomic mass is 9.46. The number of hydrogen-bond acceptors (Lipinski definition) is 3. The van der Waals surface area contributed by atoms with E-state index in [1.165, 1.54) is 44.9 Å². The molecule has 1 aromatic rings. The van der Waals surface area contributed by atoms with Gasteiger partial charge in [-0.05, 0) is 110 Å². The molecule has 3 saturated carbocycles. The number of rotatable bonds is 7. The van der Waals surface area contributed by atoms with Gasteiger partial charge in [-0.15, -0.1) is 0 Å². The zero-order valence-electron chi connectivity index (χ0n) is 24.0. The van der Waals surface area contributed by atoms with Gasteiger partial charge in [-0.2, -0.15) is 0 Å². The molecule has 0 saturated heterocycles. The summed E-state index contributed by atoms with van der Waals surface area (Å²) in [4.78, 5) is 26.6. The van der Waals surface area contributed by atoms with E-state index in [9.17, 15) is 9.59 Å². The summed E-state index contributed by atoms with van der Waals surface area (Å²) < 4.78 is 5.52. The quantitative estimate of drug-likeness (QED) is 0.349. The highest BCUT2D eigenvalue weighted by molar-refractivity contribution is 6.14. The Labute approximate surface area is 224 Å². The summed E-state index contributed by atoms with van der Waals surface area (Å²) in [7, 11) is 0. The molecule has 3 fully saturated rings. The molecule has 0 unspecified atom stereocenters. The predicted octanol–water partition coefficient (Wildman–Crippen LogP) is 8.70. The number of carbonyl (C=O) groups is 2. The second-order valence-electron chi connectivity index (χ2n) is 13.9. The number of furan rings is 1. The smallest absolute Gasteiger partial charge is 0.182 e. The second kappa shape index (κ2) is 10.0. The molecule has 4 aliphatic rings. The van der Waals surface area contributed by atoms with Crippen LogP contribution in [0.15, 0.2) is 40.0 Å². The van der Waals surface area contributed by atoms with Crippen molar-refractivity contribution in [2.75, 3.05) is 0 Å². The zero-order valence-corrected chi connectivity index (χ0v) is 24.0. The minimum Gasteiger partial charge on any atom is -0.465 e. The van der Waals surface area contributed by atoms with Crippen molar-refractivity contribution in [3.8, 4) is 0 Å². The van der Waals surface area contributed by atoms with E-state index in [1.54, 1.807) is 12.3 Å². The average Bonchev–Trinajstić information content (AvgIpc) is 3.48. The van der Waals surface area contributed by atoms with Crippen LogP contribution in [0.1, 0.15) is 105 Å². The van der Waals surface area contributed by atoms with Crippen molar-refractivity contribution in [3.63, 3.8) is 0 Å². The number of hydrogen-bond donors (Lipinski definition) is 0. The number of carbonyl (C=O) groups excluding carboxylic acids is 2. The van der Waals surface area contributed by atoms with E-state index in [-0.39, 0.29) is 17.0 Å². The number of fused-ring (bicyclic) bond motifs is 5. The normalized spacial score (nSPS) is 38.2. The monoisotopic (exact) mass is 504 g/mol. The van der Waals surface area contributed by atoms with E-state index in [1.807, 2.05) is 18.2 Å². The summed E-state index contributed by atoms with van der Waals surface area (Å²) in [5.74, 6) is 5.61. The summed E-state index contributed by atoms with van der Waals surface area (Å²) in [6.07, 6.45) is 15.5. The molecule has 8 atom stereocenters. The molecule has 3 heteroatoms. The van der Waals surface area contributed by atoms with Crippen LogP contribution >= 0.6 is 0 Å². The van der Waals surface area contributed by atoms with E-state index < -0.39 is 0 Å². The highest BCUT2D eigenvalue weighted by atomic mass is 16.3. The molecule has 0 aliphatic heterocycles. The number of allylic oxidation sites excluding steroid dienone is 2. The fraction of sp³-hybridized carbons (Fsp3) is 0.706. The van der Waals surface area contributed by atoms with Crippen LogP contribution < -0.4 is 0 Å². The Balaban J connectivity index is 1.37. The maximum absolute atomic E-state index is 13.6. The SMILES string of the molecule is CC[C@H](CC[C@@H](C)[C@H]1CC[C@H]2[C@@H]3CC(=O)C4=CC(=O)/C(=C/c5ccco5)C[C@]4(C)[C@H]3CC[C@]12C)C(C)C. The third-order valence-corrected chi connectivity index (χ3v) is 11.8. The van der Waals surface area contributed by atoms with Crippen molar-refractivity contribution in [1.82, 2.24) is 0 Å². The van der Waals surface area contributed by atoms with Crippen molar-refractivity contribution in [2.24, 2.45) is 52.3 Å². The Morgan fingerprint density at radius 2 is 1.86 bits per heavy atom. The summed E-state index contributed by atoms with van der Waals surface area (Å²) >= 11 is 0. The van der Waals surface area contributed by atoms with Gasteiger partial charge < -0.3 is 4.42 Å². The Kier molecular flexibility index (Phi) is 7.22. The molecule has 0 N–H and O–H groups in total. The molecule has 5 rings (SSSR count). The fourth-order valence-electron chi connectivity index (χ4n) is 9.71. The van der Waals surface area contributed by atoms with Gasteiger partial charge in [0.25, 0.3) is 0 Å². The fourth-order valence-corrected chi connectivity index (χ4v) is 9.71. The molecule has 0 amide bonds. The van der Waals surface area contributed by atoms with E-state index in [0.29, 0.717) is 41.8 Å². The van der Waals surface area contributed by atoms with Crippen LogP contribution in [0.25, 0.3) is 6.08 Å². The Bertz CT molecular complexity index is 1070. The summed E-state index contributed by atoms with van der Waals surface area (Å²) in [6, 6.07) is 3.75. The molecule has 0 bridgehead atoms. The highest BCUT2D eigenvalue weighted by Gasteiger charge is 2.61. The van der Waals surface area contributed by atoms with Crippen LogP contribution in [0.2, 0.25) is 0 Å². The molecule has 202 valence electrons. The van der Waals surface area contributed by atoms with Crippen LogP contribution in [0.5, 0.6) is 0 Å². The lowest BCUT2D eigenvalue weighted by Gasteiger charge is -2.58. The van der Waals surface area contributed by atoms with Crippen LogP contribution in [0, 0.1) is 52.3 Å². The summed E-state index contributed by atoms with van der Waals surface area (Å²) in [6.45, 7) is 14.5. The summed E-state index contributed by atoms with van der Waals surface area (Å²) in [5.41, 5.74) is 1.69. The third-order valence-electron chi connectivity index (χ3n) is 11.8. The van der Waals surface area contributed by atoms with Crippen LogP contribution in [0.4, 0.5) is 0 Å². The molecule has 0 aromatic carbocycles. The molecule has 0 spiro atoms. The van der Waals surface area contributed by atoms with Gasteiger partial charge in [0.15, 0.2) is 11.6 Å². The average molecular weight is 505 g/mol. The van der Waals surface area contributed by atoms with E-state index in [2.05, 4.69) is 41.5 Å². The predicted molar refractivity (Wildman–Crippen MR) is 150 cm³/mol. The van der Waals surface area contributed by atoms with Gasteiger partial charge in [0.1, 0.15) is 5.76 Å². The van der Waals surface area contributed by atoms with Crippen LogP contribution in [-0.4, -0.2) is 11.6 Å². The highest BCUT2D eigenvalue weighted by Crippen LogP contribution is 2.67. The minimum atomic E-state index is -0.247. The van der Waals surface area contributed by atoms with Crippen molar-refractivity contribution in [2.45, 2.75) is 99.3 Å². The van der Waals surface area contributed by atoms with Crippen molar-refractivity contribution >= 4 is 17.6 Å². The van der Waals surface area contributed by atoms with Crippen molar-refractivity contribution in [1.29, 1.82) is 0 Å². The number of Topliss-reactive ketones (excluding diaryl/α,β-unsaturated/α-hetero) is 1. The summed E-state index contributed by atoms with van der Waals surface area (Å²) in [5, 5.41) is 0. The van der Waals surface area contributed by atoms with Crippen LogP contribution in [-0.2, 0) is 9.59 Å². The topological polar surface area (TPSA) is 47.3 Å². The maximum Gasteiger partial charge on any atom is 0.182 e. The van der Waals surface area contributed by atoms with E-state index in [0.717, 1.165) is 34.8 Å². The van der Waals surface area contributed by atoms with Crippen LogP contribution in [0.3, 0.4) is 0 Å². The Morgan fingerprint density at radius 3 is 2.54 bits per heavy atom. The van der Waals surface area contributed by atoms with Gasteiger partial charge in [0.05, 0.1) is 6.26 Å². The maximum atomic E-state index is 13.6. The first-order valence-electron chi connectivity index (χ1n) is 15.1. The molecule has 0 radical (unpaired) electrons. The molecule has 3 nitrogen and oxygen atoms in total.